The summed E-state index contributed by atoms with van der Waals surface area (Å²) >= 11 is 0. The molecule has 0 bridgehead atoms. The second kappa shape index (κ2) is 8.45. The lowest BCUT2D eigenvalue weighted by Crippen LogP contribution is -2.07. The molecule has 1 aromatic heterocycles. The third-order valence-corrected chi connectivity index (χ3v) is 4.11. The Hall–Kier alpha value is -3.21. The highest BCUT2D eigenvalue weighted by molar-refractivity contribution is 5.89. The number of nitrogens with zero attached hydrogens (tertiary/aromatic N) is 1. The normalized spacial score (nSPS) is 10.6. The van der Waals surface area contributed by atoms with Gasteiger partial charge in [-0.15, -0.1) is 0 Å². The number of rotatable bonds is 7. The van der Waals surface area contributed by atoms with E-state index in [-0.39, 0.29) is 11.4 Å². The predicted molar refractivity (Wildman–Crippen MR) is 102 cm³/mol. The van der Waals surface area contributed by atoms with Crippen molar-refractivity contribution < 1.29 is 19.0 Å². The Morgan fingerprint density at radius 3 is 2.52 bits per heavy atom. The van der Waals surface area contributed by atoms with Gasteiger partial charge in [0.2, 0.25) is 0 Å². The molecule has 5 heteroatoms. The Morgan fingerprint density at radius 1 is 1.07 bits per heavy atom. The monoisotopic (exact) mass is 365 g/mol. The van der Waals surface area contributed by atoms with Crippen molar-refractivity contribution in [1.82, 2.24) is 4.98 Å². The number of hydrogen-bond donors (Lipinski definition) is 1. The van der Waals surface area contributed by atoms with Gasteiger partial charge < -0.3 is 9.84 Å². The molecular formula is C22H20FNO3. The van der Waals surface area contributed by atoms with Crippen LogP contribution in [-0.4, -0.2) is 22.7 Å². The number of carbonyl (C=O) groups is 1. The lowest BCUT2D eigenvalue weighted by atomic mass is 10.0. The van der Waals surface area contributed by atoms with Gasteiger partial charge in [0.05, 0.1) is 23.6 Å². The number of ether oxygens (including phenoxy) is 1. The van der Waals surface area contributed by atoms with Gasteiger partial charge in [-0.25, -0.2) is 9.18 Å². The lowest BCUT2D eigenvalue weighted by Gasteiger charge is -2.13. The van der Waals surface area contributed by atoms with Crippen LogP contribution in [0.2, 0.25) is 0 Å². The maximum Gasteiger partial charge on any atom is 0.337 e. The fourth-order valence-electron chi connectivity index (χ4n) is 2.79. The fraction of sp³-hybridized carbons (Fsp3) is 0.182. The standard InChI is InChI=1S/C22H20FNO3/c1-2-13-27-21-6-4-3-5-17(21)19-12-11-18(22(25)26)20(24-19)14-15-7-9-16(23)10-8-15/h3-12H,2,13-14H2,1H3,(H,25,26). The quantitative estimate of drug-likeness (QED) is 0.642. The SMILES string of the molecule is CCCOc1ccccc1-c1ccc(C(=O)O)c(Cc2ccc(F)cc2)n1. The smallest absolute Gasteiger partial charge is 0.337 e. The van der Waals surface area contributed by atoms with E-state index in [1.807, 2.05) is 31.2 Å². The molecule has 0 aliphatic rings. The first-order valence-electron chi connectivity index (χ1n) is 8.78. The molecule has 1 N–H and O–H groups in total. The molecule has 0 spiro atoms. The van der Waals surface area contributed by atoms with Crippen molar-refractivity contribution in [3.05, 3.63) is 83.3 Å². The van der Waals surface area contributed by atoms with Gasteiger partial charge in [0.1, 0.15) is 11.6 Å². The Labute approximate surface area is 157 Å². The molecule has 0 aliphatic carbocycles. The second-order valence-electron chi connectivity index (χ2n) is 6.14. The lowest BCUT2D eigenvalue weighted by molar-refractivity contribution is 0.0695. The van der Waals surface area contributed by atoms with Gasteiger partial charge in [-0.3, -0.25) is 4.98 Å². The van der Waals surface area contributed by atoms with E-state index >= 15 is 0 Å². The molecule has 4 nitrogen and oxygen atoms in total. The fourth-order valence-corrected chi connectivity index (χ4v) is 2.79. The summed E-state index contributed by atoms with van der Waals surface area (Å²) in [5.74, 6) is -0.662. The Morgan fingerprint density at radius 2 is 1.81 bits per heavy atom. The number of halogens is 1. The number of aromatic carboxylic acids is 1. The highest BCUT2D eigenvalue weighted by Gasteiger charge is 2.15. The molecule has 0 unspecified atom stereocenters. The average Bonchev–Trinajstić information content (AvgIpc) is 2.68. The van der Waals surface area contributed by atoms with Crippen LogP contribution in [0.25, 0.3) is 11.3 Å². The minimum Gasteiger partial charge on any atom is -0.493 e. The van der Waals surface area contributed by atoms with Crippen LogP contribution in [0.1, 0.15) is 35.0 Å². The zero-order valence-corrected chi connectivity index (χ0v) is 15.0. The second-order valence-corrected chi connectivity index (χ2v) is 6.14. The van der Waals surface area contributed by atoms with Crippen LogP contribution in [-0.2, 0) is 6.42 Å². The van der Waals surface area contributed by atoms with Gasteiger partial charge in [-0.1, -0.05) is 31.2 Å². The number of carboxylic acid groups (broad SMARTS) is 1. The molecule has 3 rings (SSSR count). The van der Waals surface area contributed by atoms with Gasteiger partial charge in [-0.2, -0.15) is 0 Å². The summed E-state index contributed by atoms with van der Waals surface area (Å²) in [6.07, 6.45) is 1.18. The molecule has 2 aromatic carbocycles. The minimum atomic E-state index is -1.04. The van der Waals surface area contributed by atoms with Gasteiger partial charge >= 0.3 is 5.97 Å². The van der Waals surface area contributed by atoms with Gasteiger partial charge in [-0.05, 0) is 48.4 Å². The van der Waals surface area contributed by atoms with Crippen molar-refractivity contribution in [2.75, 3.05) is 6.61 Å². The number of benzene rings is 2. The highest BCUT2D eigenvalue weighted by Crippen LogP contribution is 2.30. The summed E-state index contributed by atoms with van der Waals surface area (Å²) < 4.78 is 18.9. The van der Waals surface area contributed by atoms with Crippen LogP contribution < -0.4 is 4.74 Å². The van der Waals surface area contributed by atoms with E-state index < -0.39 is 5.97 Å². The van der Waals surface area contributed by atoms with Crippen LogP contribution in [0.5, 0.6) is 5.75 Å². The Bertz CT molecular complexity index is 939. The van der Waals surface area contributed by atoms with Crippen molar-refractivity contribution in [1.29, 1.82) is 0 Å². The van der Waals surface area contributed by atoms with E-state index in [0.717, 1.165) is 17.5 Å². The maximum absolute atomic E-state index is 13.1. The number of hydrogen-bond acceptors (Lipinski definition) is 3. The molecular weight excluding hydrogens is 345 g/mol. The molecule has 1 heterocycles. The average molecular weight is 365 g/mol. The highest BCUT2D eigenvalue weighted by atomic mass is 19.1. The zero-order valence-electron chi connectivity index (χ0n) is 15.0. The third-order valence-electron chi connectivity index (χ3n) is 4.11. The molecule has 0 amide bonds. The van der Waals surface area contributed by atoms with E-state index in [9.17, 15) is 14.3 Å². The summed E-state index contributed by atoms with van der Waals surface area (Å²) in [5.41, 5.74) is 2.80. The number of pyridine rings is 1. The van der Waals surface area contributed by atoms with Crippen LogP contribution in [0, 0.1) is 5.82 Å². The van der Waals surface area contributed by atoms with Crippen LogP contribution >= 0.6 is 0 Å². The minimum absolute atomic E-state index is 0.134. The van der Waals surface area contributed by atoms with Gasteiger partial charge in [0, 0.05) is 12.0 Å². The van der Waals surface area contributed by atoms with Crippen molar-refractivity contribution in [3.63, 3.8) is 0 Å². The molecule has 27 heavy (non-hydrogen) atoms. The van der Waals surface area contributed by atoms with Crippen LogP contribution in [0.4, 0.5) is 4.39 Å². The van der Waals surface area contributed by atoms with Crippen molar-refractivity contribution in [2.24, 2.45) is 0 Å². The zero-order chi connectivity index (χ0) is 19.2. The number of aromatic nitrogens is 1. The topological polar surface area (TPSA) is 59.4 Å². The third kappa shape index (κ3) is 4.50. The van der Waals surface area contributed by atoms with E-state index in [2.05, 4.69) is 4.98 Å². The molecule has 0 atom stereocenters. The van der Waals surface area contributed by atoms with Crippen molar-refractivity contribution in [2.45, 2.75) is 19.8 Å². The van der Waals surface area contributed by atoms with Crippen LogP contribution in [0.15, 0.2) is 60.7 Å². The summed E-state index contributed by atoms with van der Waals surface area (Å²) in [7, 11) is 0. The van der Waals surface area contributed by atoms with Crippen molar-refractivity contribution in [3.8, 4) is 17.0 Å². The van der Waals surface area contributed by atoms with E-state index in [1.165, 1.54) is 12.1 Å². The summed E-state index contributed by atoms with van der Waals surface area (Å²) in [6.45, 7) is 2.62. The molecule has 0 radical (unpaired) electrons. The van der Waals surface area contributed by atoms with E-state index in [0.29, 0.717) is 30.2 Å². The van der Waals surface area contributed by atoms with E-state index in [4.69, 9.17) is 4.74 Å². The van der Waals surface area contributed by atoms with Gasteiger partial charge in [0.25, 0.3) is 0 Å². The number of para-hydroxylation sites is 1. The largest absolute Gasteiger partial charge is 0.493 e. The molecule has 0 fully saturated rings. The molecule has 0 aliphatic heterocycles. The van der Waals surface area contributed by atoms with Gasteiger partial charge in [0.15, 0.2) is 0 Å². The first kappa shape index (κ1) is 18.6. The molecule has 3 aromatic rings. The maximum atomic E-state index is 13.1. The molecule has 0 saturated carbocycles. The molecule has 138 valence electrons. The Balaban J connectivity index is 2.01. The van der Waals surface area contributed by atoms with Crippen molar-refractivity contribution >= 4 is 5.97 Å². The predicted octanol–water partition coefficient (Wildman–Crippen LogP) is 4.97. The Kier molecular flexibility index (Phi) is 5.81. The summed E-state index contributed by atoms with van der Waals surface area (Å²) in [4.78, 5) is 16.2. The first-order chi connectivity index (χ1) is 13.1. The first-order valence-corrected chi connectivity index (χ1v) is 8.78. The molecule has 0 saturated heterocycles. The van der Waals surface area contributed by atoms with E-state index in [1.54, 1.807) is 24.3 Å². The summed E-state index contributed by atoms with van der Waals surface area (Å²) in [5, 5.41) is 9.50. The summed E-state index contributed by atoms with van der Waals surface area (Å²) in [6, 6.07) is 16.8. The van der Waals surface area contributed by atoms with Crippen LogP contribution in [0.3, 0.4) is 0 Å². The number of carboxylic acids is 1.